The molecule has 0 aliphatic rings. The molecule has 1 heterocycles. The second kappa shape index (κ2) is 3.64. The molecular formula is C9H4Br2NO. The summed E-state index contributed by atoms with van der Waals surface area (Å²) in [6, 6.07) is 6.91. The predicted octanol–water partition coefficient (Wildman–Crippen LogP) is 3.67. The third-order valence-corrected chi connectivity index (χ3v) is 2.39. The van der Waals surface area contributed by atoms with E-state index in [-0.39, 0.29) is 0 Å². The Bertz CT molecular complexity index is 391. The predicted molar refractivity (Wildman–Crippen MR) is 56.2 cm³/mol. The molecule has 1 aromatic heterocycles. The zero-order valence-electron chi connectivity index (χ0n) is 6.42. The number of rotatable bonds is 1. The molecule has 1 radical (unpaired) electrons. The van der Waals surface area contributed by atoms with Crippen molar-refractivity contribution in [3.05, 3.63) is 39.8 Å². The van der Waals surface area contributed by atoms with Crippen molar-refractivity contribution in [2.75, 3.05) is 0 Å². The van der Waals surface area contributed by atoms with Crippen LogP contribution < -0.4 is 0 Å². The SMILES string of the molecule is Brc1[c]c(Br)cc(-c2cocn2)c1. The number of benzene rings is 1. The Morgan fingerprint density at radius 3 is 2.46 bits per heavy atom. The topological polar surface area (TPSA) is 26.0 Å². The van der Waals surface area contributed by atoms with E-state index in [0.717, 1.165) is 20.2 Å². The molecule has 2 aromatic rings. The lowest BCUT2D eigenvalue weighted by molar-refractivity contribution is 0.558. The summed E-state index contributed by atoms with van der Waals surface area (Å²) in [6.07, 6.45) is 3.02. The molecule has 0 unspecified atom stereocenters. The first-order valence-corrected chi connectivity index (χ1v) is 5.11. The van der Waals surface area contributed by atoms with Gasteiger partial charge in [-0.3, -0.25) is 0 Å². The van der Waals surface area contributed by atoms with E-state index in [2.05, 4.69) is 42.9 Å². The molecule has 4 heteroatoms. The van der Waals surface area contributed by atoms with Gasteiger partial charge in [0.05, 0.1) is 0 Å². The van der Waals surface area contributed by atoms with Crippen LogP contribution in [0.5, 0.6) is 0 Å². The maximum absolute atomic E-state index is 4.90. The van der Waals surface area contributed by atoms with Crippen LogP contribution in [0, 0.1) is 6.07 Å². The normalized spacial score (nSPS) is 10.3. The van der Waals surface area contributed by atoms with Crippen molar-refractivity contribution in [2.45, 2.75) is 0 Å². The molecule has 65 valence electrons. The highest BCUT2D eigenvalue weighted by molar-refractivity contribution is 9.11. The van der Waals surface area contributed by atoms with Crippen molar-refractivity contribution in [2.24, 2.45) is 0 Å². The molecule has 13 heavy (non-hydrogen) atoms. The summed E-state index contributed by atoms with van der Waals surface area (Å²) in [7, 11) is 0. The number of aromatic nitrogens is 1. The van der Waals surface area contributed by atoms with Crippen LogP contribution in [-0.4, -0.2) is 4.98 Å². The molecule has 0 spiro atoms. The molecule has 0 saturated heterocycles. The minimum absolute atomic E-state index is 0.815. The Kier molecular flexibility index (Phi) is 2.51. The van der Waals surface area contributed by atoms with E-state index in [1.54, 1.807) is 6.26 Å². The molecule has 0 amide bonds. The fraction of sp³-hybridized carbons (Fsp3) is 0. The molecule has 0 aliphatic carbocycles. The van der Waals surface area contributed by atoms with Gasteiger partial charge in [0.1, 0.15) is 12.0 Å². The number of hydrogen-bond donors (Lipinski definition) is 0. The van der Waals surface area contributed by atoms with Crippen LogP contribution in [0.15, 0.2) is 38.2 Å². The highest BCUT2D eigenvalue weighted by Gasteiger charge is 2.03. The van der Waals surface area contributed by atoms with Crippen LogP contribution in [-0.2, 0) is 0 Å². The van der Waals surface area contributed by atoms with Crippen molar-refractivity contribution in [3.8, 4) is 11.3 Å². The molecule has 0 N–H and O–H groups in total. The van der Waals surface area contributed by atoms with Crippen LogP contribution in [0.1, 0.15) is 0 Å². The van der Waals surface area contributed by atoms with Crippen molar-refractivity contribution < 1.29 is 4.42 Å². The van der Waals surface area contributed by atoms with E-state index in [9.17, 15) is 0 Å². The lowest BCUT2D eigenvalue weighted by atomic mass is 10.2. The van der Waals surface area contributed by atoms with E-state index in [1.165, 1.54) is 6.39 Å². The number of halogens is 2. The summed E-state index contributed by atoms with van der Waals surface area (Å²) in [5.74, 6) is 0. The number of oxazole rings is 1. The van der Waals surface area contributed by atoms with Crippen molar-refractivity contribution >= 4 is 31.9 Å². The maximum Gasteiger partial charge on any atom is 0.181 e. The average molecular weight is 302 g/mol. The first kappa shape index (κ1) is 8.97. The lowest BCUT2D eigenvalue weighted by Gasteiger charge is -1.97. The van der Waals surface area contributed by atoms with E-state index < -0.39 is 0 Å². The first-order chi connectivity index (χ1) is 6.25. The summed E-state index contributed by atoms with van der Waals surface area (Å²) in [6.45, 7) is 0. The first-order valence-electron chi connectivity index (χ1n) is 3.52. The molecule has 2 nitrogen and oxygen atoms in total. The Balaban J connectivity index is 2.53. The monoisotopic (exact) mass is 300 g/mol. The van der Waals surface area contributed by atoms with Gasteiger partial charge >= 0.3 is 0 Å². The zero-order chi connectivity index (χ0) is 9.26. The van der Waals surface area contributed by atoms with Gasteiger partial charge in [0, 0.05) is 20.6 Å². The minimum atomic E-state index is 0.815. The Morgan fingerprint density at radius 1 is 1.23 bits per heavy atom. The van der Waals surface area contributed by atoms with Gasteiger partial charge in [0.15, 0.2) is 6.39 Å². The Hall–Kier alpha value is -0.610. The van der Waals surface area contributed by atoms with Crippen LogP contribution in [0.2, 0.25) is 0 Å². The zero-order valence-corrected chi connectivity index (χ0v) is 9.59. The van der Waals surface area contributed by atoms with Crippen LogP contribution in [0.25, 0.3) is 11.3 Å². The summed E-state index contributed by atoms with van der Waals surface area (Å²) < 4.78 is 6.67. The van der Waals surface area contributed by atoms with E-state index in [1.807, 2.05) is 12.1 Å². The summed E-state index contributed by atoms with van der Waals surface area (Å²) >= 11 is 6.71. The second-order valence-corrected chi connectivity index (χ2v) is 4.15. The Labute approximate surface area is 92.2 Å². The van der Waals surface area contributed by atoms with E-state index in [0.29, 0.717) is 0 Å². The van der Waals surface area contributed by atoms with Crippen LogP contribution in [0.4, 0.5) is 0 Å². The minimum Gasteiger partial charge on any atom is -0.451 e. The van der Waals surface area contributed by atoms with Crippen molar-refractivity contribution in [3.63, 3.8) is 0 Å². The number of nitrogens with zero attached hydrogens (tertiary/aromatic N) is 1. The van der Waals surface area contributed by atoms with Gasteiger partial charge in [-0.25, -0.2) is 4.98 Å². The van der Waals surface area contributed by atoms with Gasteiger partial charge in [0.2, 0.25) is 0 Å². The quantitative estimate of drug-likeness (QED) is 0.803. The fourth-order valence-electron chi connectivity index (χ4n) is 1.00. The van der Waals surface area contributed by atoms with Gasteiger partial charge < -0.3 is 4.42 Å². The van der Waals surface area contributed by atoms with Crippen LogP contribution in [0.3, 0.4) is 0 Å². The summed E-state index contributed by atoms with van der Waals surface area (Å²) in [4.78, 5) is 4.05. The second-order valence-electron chi connectivity index (χ2n) is 2.44. The number of hydrogen-bond acceptors (Lipinski definition) is 2. The molecular weight excluding hydrogens is 298 g/mol. The van der Waals surface area contributed by atoms with E-state index >= 15 is 0 Å². The van der Waals surface area contributed by atoms with Gasteiger partial charge in [0.25, 0.3) is 0 Å². The smallest absolute Gasteiger partial charge is 0.181 e. The maximum atomic E-state index is 4.90. The highest BCUT2D eigenvalue weighted by atomic mass is 79.9. The van der Waals surface area contributed by atoms with Crippen molar-refractivity contribution in [1.29, 1.82) is 0 Å². The molecule has 2 rings (SSSR count). The third kappa shape index (κ3) is 2.00. The van der Waals surface area contributed by atoms with E-state index in [4.69, 9.17) is 4.42 Å². The summed E-state index contributed by atoms with van der Waals surface area (Å²) in [5.41, 5.74) is 1.81. The Morgan fingerprint density at radius 2 is 1.92 bits per heavy atom. The standard InChI is InChI=1S/C9H4Br2NO/c10-7-1-6(2-8(11)3-7)9-4-13-5-12-9/h1-2,4-5H. The van der Waals surface area contributed by atoms with Gasteiger partial charge in [-0.05, 0) is 12.1 Å². The highest BCUT2D eigenvalue weighted by Crippen LogP contribution is 2.25. The largest absolute Gasteiger partial charge is 0.451 e. The lowest BCUT2D eigenvalue weighted by Crippen LogP contribution is -1.78. The molecule has 0 fully saturated rings. The van der Waals surface area contributed by atoms with Gasteiger partial charge in [-0.15, -0.1) is 0 Å². The molecule has 0 atom stereocenters. The average Bonchev–Trinajstić information content (AvgIpc) is 2.53. The van der Waals surface area contributed by atoms with Crippen LogP contribution >= 0.6 is 31.9 Å². The fourth-order valence-corrected chi connectivity index (χ4v) is 2.19. The molecule has 0 saturated carbocycles. The molecule has 0 aliphatic heterocycles. The van der Waals surface area contributed by atoms with Gasteiger partial charge in [-0.1, -0.05) is 31.9 Å². The third-order valence-electron chi connectivity index (χ3n) is 1.53. The summed E-state index contributed by atoms with van der Waals surface area (Å²) in [5, 5.41) is 0. The molecule has 1 aromatic carbocycles. The van der Waals surface area contributed by atoms with Gasteiger partial charge in [-0.2, -0.15) is 0 Å². The van der Waals surface area contributed by atoms with Crippen molar-refractivity contribution in [1.82, 2.24) is 4.98 Å². The molecule has 0 bridgehead atoms.